The summed E-state index contributed by atoms with van der Waals surface area (Å²) in [4.78, 5) is 15.8. The lowest BCUT2D eigenvalue weighted by atomic mass is 9.80. The molecule has 0 aliphatic heterocycles. The van der Waals surface area contributed by atoms with Crippen LogP contribution in [0.1, 0.15) is 35.8 Å². The highest BCUT2D eigenvalue weighted by molar-refractivity contribution is 5.78. The first-order valence-corrected chi connectivity index (χ1v) is 8.67. The first-order valence-electron chi connectivity index (χ1n) is 8.67. The van der Waals surface area contributed by atoms with Gasteiger partial charge in [0.15, 0.2) is 0 Å². The van der Waals surface area contributed by atoms with Crippen LogP contribution in [0.25, 0.3) is 10.9 Å². The predicted octanol–water partition coefficient (Wildman–Crippen LogP) is 3.21. The van der Waals surface area contributed by atoms with Crippen molar-refractivity contribution in [1.29, 1.82) is 0 Å². The molecule has 0 bridgehead atoms. The molecule has 1 fully saturated rings. The van der Waals surface area contributed by atoms with Gasteiger partial charge in [0.2, 0.25) is 0 Å². The van der Waals surface area contributed by atoms with Crippen LogP contribution in [0.4, 0.5) is 5.82 Å². The number of pyridine rings is 1. The Morgan fingerprint density at radius 2 is 1.96 bits per heavy atom. The minimum Gasteiger partial charge on any atom is -0.393 e. The molecule has 4 rings (SSSR count). The molecule has 0 amide bonds. The molecule has 0 spiro atoms. The van der Waals surface area contributed by atoms with E-state index in [1.807, 2.05) is 38.4 Å². The van der Waals surface area contributed by atoms with E-state index >= 15 is 0 Å². The number of nitrogens with zero attached hydrogens (tertiary/aromatic N) is 4. The van der Waals surface area contributed by atoms with Gasteiger partial charge in [-0.05, 0) is 37.5 Å². The molecule has 0 atom stereocenters. The van der Waals surface area contributed by atoms with Crippen LogP contribution in [0.15, 0.2) is 42.6 Å². The topological polar surface area (TPSA) is 62.1 Å². The summed E-state index contributed by atoms with van der Waals surface area (Å²) in [6, 6.07) is 12.4. The molecular weight excluding hydrogens is 312 g/mol. The predicted molar refractivity (Wildman–Crippen MR) is 98.6 cm³/mol. The third-order valence-electron chi connectivity index (χ3n) is 4.83. The van der Waals surface area contributed by atoms with Gasteiger partial charge < -0.3 is 10.0 Å². The number of benzene rings is 1. The van der Waals surface area contributed by atoms with Gasteiger partial charge >= 0.3 is 0 Å². The smallest absolute Gasteiger partial charge is 0.132 e. The lowest BCUT2D eigenvalue weighted by Gasteiger charge is -2.31. The molecular formula is C20H22N4O. The van der Waals surface area contributed by atoms with Gasteiger partial charge in [-0.15, -0.1) is 0 Å². The highest BCUT2D eigenvalue weighted by Crippen LogP contribution is 2.36. The zero-order valence-corrected chi connectivity index (χ0v) is 14.6. The third-order valence-corrected chi connectivity index (χ3v) is 4.83. The highest BCUT2D eigenvalue weighted by atomic mass is 16.3. The molecule has 1 aromatic carbocycles. The summed E-state index contributed by atoms with van der Waals surface area (Å²) in [7, 11) is 2.04. The molecule has 2 heterocycles. The van der Waals surface area contributed by atoms with E-state index in [0.717, 1.165) is 53.2 Å². The van der Waals surface area contributed by atoms with E-state index in [9.17, 15) is 5.11 Å². The van der Waals surface area contributed by atoms with Crippen LogP contribution in [0.2, 0.25) is 0 Å². The fourth-order valence-corrected chi connectivity index (χ4v) is 3.37. The van der Waals surface area contributed by atoms with Crippen molar-refractivity contribution < 1.29 is 5.11 Å². The lowest BCUT2D eigenvalue weighted by Crippen LogP contribution is -2.28. The monoisotopic (exact) mass is 334 g/mol. The number of aliphatic hydroxyl groups is 1. The molecule has 5 nitrogen and oxygen atoms in total. The maximum Gasteiger partial charge on any atom is 0.132 e. The van der Waals surface area contributed by atoms with Crippen LogP contribution < -0.4 is 4.90 Å². The minimum absolute atomic E-state index is 0.176. The van der Waals surface area contributed by atoms with Gasteiger partial charge in [-0.25, -0.2) is 9.97 Å². The summed E-state index contributed by atoms with van der Waals surface area (Å²) in [6.45, 7) is 2.66. The summed E-state index contributed by atoms with van der Waals surface area (Å²) >= 11 is 0. The Labute approximate surface area is 147 Å². The van der Waals surface area contributed by atoms with Crippen molar-refractivity contribution in [2.24, 2.45) is 0 Å². The second-order valence-corrected chi connectivity index (χ2v) is 6.91. The fraction of sp³-hybridized carbons (Fsp3) is 0.350. The van der Waals surface area contributed by atoms with Gasteiger partial charge in [0.05, 0.1) is 11.6 Å². The molecule has 25 heavy (non-hydrogen) atoms. The quantitative estimate of drug-likeness (QED) is 0.794. The van der Waals surface area contributed by atoms with Crippen molar-refractivity contribution in [2.45, 2.75) is 38.3 Å². The fourth-order valence-electron chi connectivity index (χ4n) is 3.37. The van der Waals surface area contributed by atoms with E-state index in [1.54, 1.807) is 0 Å². The Bertz CT molecular complexity index is 905. The molecule has 1 aliphatic carbocycles. The molecule has 1 aliphatic rings. The lowest BCUT2D eigenvalue weighted by molar-refractivity contribution is 0.0731. The molecule has 0 saturated heterocycles. The largest absolute Gasteiger partial charge is 0.393 e. The van der Waals surface area contributed by atoms with Crippen molar-refractivity contribution in [2.75, 3.05) is 11.9 Å². The zero-order chi connectivity index (χ0) is 17.4. The van der Waals surface area contributed by atoms with E-state index < -0.39 is 0 Å². The van der Waals surface area contributed by atoms with E-state index in [2.05, 4.69) is 38.1 Å². The van der Waals surface area contributed by atoms with E-state index in [-0.39, 0.29) is 6.10 Å². The van der Waals surface area contributed by atoms with Crippen LogP contribution in [0.3, 0.4) is 0 Å². The first-order chi connectivity index (χ1) is 12.1. The number of para-hydroxylation sites is 1. The van der Waals surface area contributed by atoms with Crippen LogP contribution in [0, 0.1) is 6.92 Å². The van der Waals surface area contributed by atoms with Gasteiger partial charge in [-0.1, -0.05) is 18.2 Å². The maximum absolute atomic E-state index is 9.55. The Kier molecular flexibility index (Phi) is 4.09. The van der Waals surface area contributed by atoms with Crippen molar-refractivity contribution in [3.8, 4) is 0 Å². The summed E-state index contributed by atoms with van der Waals surface area (Å²) in [5, 5.41) is 10.7. The number of fused-ring (bicyclic) bond motifs is 1. The number of hydrogen-bond acceptors (Lipinski definition) is 5. The number of aryl methyl sites for hydroxylation is 1. The van der Waals surface area contributed by atoms with Gasteiger partial charge in [0.25, 0.3) is 0 Å². The third kappa shape index (κ3) is 3.33. The van der Waals surface area contributed by atoms with E-state index in [0.29, 0.717) is 5.92 Å². The molecule has 5 heteroatoms. The number of hydrogen-bond donors (Lipinski definition) is 1. The Morgan fingerprint density at radius 3 is 2.76 bits per heavy atom. The van der Waals surface area contributed by atoms with Crippen molar-refractivity contribution >= 4 is 16.7 Å². The van der Waals surface area contributed by atoms with Gasteiger partial charge in [0.1, 0.15) is 11.6 Å². The van der Waals surface area contributed by atoms with Crippen molar-refractivity contribution in [3.63, 3.8) is 0 Å². The Morgan fingerprint density at radius 1 is 1.16 bits per heavy atom. The average molecular weight is 334 g/mol. The second-order valence-electron chi connectivity index (χ2n) is 6.91. The number of aliphatic hydroxyl groups excluding tert-OH is 1. The van der Waals surface area contributed by atoms with Gasteiger partial charge in [-0.3, -0.25) is 4.98 Å². The van der Waals surface area contributed by atoms with Crippen molar-refractivity contribution in [1.82, 2.24) is 15.0 Å². The Hall–Kier alpha value is -2.53. The molecule has 1 N–H and O–H groups in total. The molecule has 3 aromatic rings. The van der Waals surface area contributed by atoms with Gasteiger partial charge in [-0.2, -0.15) is 0 Å². The van der Waals surface area contributed by atoms with E-state index in [4.69, 9.17) is 0 Å². The second kappa shape index (κ2) is 6.41. The highest BCUT2D eigenvalue weighted by Gasteiger charge is 2.30. The minimum atomic E-state index is -0.176. The average Bonchev–Trinajstić information content (AvgIpc) is 2.58. The summed E-state index contributed by atoms with van der Waals surface area (Å²) in [5.74, 6) is 2.04. The number of aromatic nitrogens is 3. The molecule has 0 radical (unpaired) electrons. The van der Waals surface area contributed by atoms with Crippen LogP contribution >= 0.6 is 0 Å². The van der Waals surface area contributed by atoms with E-state index in [1.165, 1.54) is 0 Å². The number of rotatable bonds is 4. The standard InChI is InChI=1S/C20H22N4O/c1-13-22-19(16-8-17(25)9-16)10-20(23-13)24(2)12-14-7-15-5-3-4-6-18(15)21-11-14/h3-7,10-11,16-17,25H,8-9,12H2,1-2H3. The summed E-state index contributed by atoms with van der Waals surface area (Å²) in [5.41, 5.74) is 3.20. The molecule has 1 saturated carbocycles. The molecule has 2 aromatic heterocycles. The molecule has 0 unspecified atom stereocenters. The van der Waals surface area contributed by atoms with Crippen LogP contribution in [0.5, 0.6) is 0 Å². The molecule has 128 valence electrons. The van der Waals surface area contributed by atoms with Crippen molar-refractivity contribution in [3.05, 3.63) is 59.7 Å². The van der Waals surface area contributed by atoms with Gasteiger partial charge in [0, 0.05) is 42.9 Å². The normalized spacial score (nSPS) is 19.6. The zero-order valence-electron chi connectivity index (χ0n) is 14.6. The number of anilines is 1. The summed E-state index contributed by atoms with van der Waals surface area (Å²) in [6.07, 6.45) is 3.35. The summed E-state index contributed by atoms with van der Waals surface area (Å²) < 4.78 is 0. The van der Waals surface area contributed by atoms with Crippen LogP contribution in [-0.4, -0.2) is 33.2 Å². The Balaban J connectivity index is 1.56. The first kappa shape index (κ1) is 16.0. The van der Waals surface area contributed by atoms with Crippen LogP contribution in [-0.2, 0) is 6.54 Å². The maximum atomic E-state index is 9.55. The SMILES string of the molecule is Cc1nc(C2CC(O)C2)cc(N(C)Cc2cnc3ccccc3c2)n1.